The predicted octanol–water partition coefficient (Wildman–Crippen LogP) is 6.27. The predicted molar refractivity (Wildman–Crippen MR) is 164 cm³/mol. The molecule has 0 saturated carbocycles. The number of halogens is 1. The highest BCUT2D eigenvalue weighted by atomic mass is 19.1. The third-order valence-electron chi connectivity index (χ3n) is 7.99. The number of rotatable bonds is 12. The van der Waals surface area contributed by atoms with Crippen molar-refractivity contribution >= 4 is 34.2 Å². The van der Waals surface area contributed by atoms with Crippen LogP contribution < -0.4 is 10.2 Å². The molecule has 3 amide bonds. The molecule has 0 aliphatic carbocycles. The molecule has 4 aromatic rings. The van der Waals surface area contributed by atoms with E-state index in [1.165, 1.54) is 11.0 Å². The number of carbonyl (C=O) groups excluding carboxylic acids is 3. The van der Waals surface area contributed by atoms with Crippen LogP contribution in [0.25, 0.3) is 10.8 Å². The molecule has 0 saturated heterocycles. The Hall–Kier alpha value is -4.52. The lowest BCUT2D eigenvalue weighted by Gasteiger charge is -2.32. The normalized spacial score (nSPS) is 13.7. The molecule has 0 fully saturated rings. The summed E-state index contributed by atoms with van der Waals surface area (Å²) in [6.07, 6.45) is 1.54. The van der Waals surface area contributed by atoms with E-state index in [0.717, 1.165) is 28.4 Å². The number of hydrogen-bond donors (Lipinski definition) is 1. The molecule has 1 aliphatic heterocycles. The summed E-state index contributed by atoms with van der Waals surface area (Å²) >= 11 is 0. The van der Waals surface area contributed by atoms with Crippen LogP contribution >= 0.6 is 0 Å². The van der Waals surface area contributed by atoms with Crippen molar-refractivity contribution in [3.63, 3.8) is 0 Å². The lowest BCUT2D eigenvalue weighted by molar-refractivity contribution is -0.141. The van der Waals surface area contributed by atoms with Gasteiger partial charge in [0.1, 0.15) is 11.9 Å². The molecule has 6 nitrogen and oxygen atoms in total. The van der Waals surface area contributed by atoms with Crippen LogP contribution in [0, 0.1) is 5.82 Å². The monoisotopic (exact) mass is 565 g/mol. The summed E-state index contributed by atoms with van der Waals surface area (Å²) in [5.41, 5.74) is 2.76. The van der Waals surface area contributed by atoms with Gasteiger partial charge in [0, 0.05) is 48.5 Å². The van der Waals surface area contributed by atoms with Crippen molar-refractivity contribution in [1.82, 2.24) is 10.2 Å². The zero-order valence-corrected chi connectivity index (χ0v) is 24.1. The maximum Gasteiger partial charge on any atom is 0.258 e. The van der Waals surface area contributed by atoms with Gasteiger partial charge in [-0.1, -0.05) is 79.7 Å². The van der Waals surface area contributed by atoms with Crippen molar-refractivity contribution in [2.24, 2.45) is 0 Å². The quantitative estimate of drug-likeness (QED) is 0.220. The Bertz CT molecular complexity index is 1580. The maximum atomic E-state index is 14.8. The highest BCUT2D eigenvalue weighted by Crippen LogP contribution is 2.37. The second-order valence-electron chi connectivity index (χ2n) is 10.9. The van der Waals surface area contributed by atoms with E-state index in [1.807, 2.05) is 80.6 Å². The number of anilines is 1. The summed E-state index contributed by atoms with van der Waals surface area (Å²) < 4.78 is 14.8. The number of nitrogens with zero attached hydrogens (tertiary/aromatic N) is 2. The fourth-order valence-corrected chi connectivity index (χ4v) is 5.54. The Morgan fingerprint density at radius 3 is 2.38 bits per heavy atom. The molecule has 0 unspecified atom stereocenters. The van der Waals surface area contributed by atoms with E-state index in [4.69, 9.17) is 0 Å². The fourth-order valence-electron chi connectivity index (χ4n) is 5.54. The molecule has 0 spiro atoms. The van der Waals surface area contributed by atoms with Crippen LogP contribution in [0.1, 0.15) is 54.6 Å². The van der Waals surface area contributed by atoms with Crippen LogP contribution in [0.2, 0.25) is 0 Å². The molecular weight excluding hydrogens is 529 g/mol. The first kappa shape index (κ1) is 29.0. The number of amides is 3. The van der Waals surface area contributed by atoms with E-state index >= 15 is 0 Å². The molecule has 4 aromatic carbocycles. The van der Waals surface area contributed by atoms with Gasteiger partial charge in [0.05, 0.1) is 5.69 Å². The fraction of sp³-hybridized carbons (Fsp3) is 0.286. The second-order valence-corrected chi connectivity index (χ2v) is 10.9. The van der Waals surface area contributed by atoms with Crippen molar-refractivity contribution < 1.29 is 18.8 Å². The maximum absolute atomic E-state index is 14.8. The van der Waals surface area contributed by atoms with E-state index in [2.05, 4.69) is 5.32 Å². The number of hydrogen-bond acceptors (Lipinski definition) is 3. The second kappa shape index (κ2) is 13.0. The van der Waals surface area contributed by atoms with Crippen molar-refractivity contribution in [2.45, 2.75) is 58.2 Å². The minimum Gasteiger partial charge on any atom is -0.352 e. The van der Waals surface area contributed by atoms with E-state index in [9.17, 15) is 18.8 Å². The zero-order chi connectivity index (χ0) is 29.6. The standard InChI is InChI=1S/C35H36FN3O3/c1-3-24(2)37-34(41)31(22-25-12-5-4-6-13-25)39(23-27-14-7-8-18-29(27)36)32(40)20-11-21-38-30-19-10-16-26-15-9-17-28(33(26)30)35(38)42/h4-10,12-19,24,31H,3,11,20-23H2,1-2H3,(H,37,41)/t24-,31+/m0/s1. The Balaban J connectivity index is 1.38. The Morgan fingerprint density at radius 2 is 1.64 bits per heavy atom. The SMILES string of the molecule is CC[C@H](C)NC(=O)[C@@H](Cc1ccccc1)N(Cc1ccccc1F)C(=O)CCCN1C(=O)c2cccc3cccc1c23. The third kappa shape index (κ3) is 6.20. The van der Waals surface area contributed by atoms with Gasteiger partial charge in [0.25, 0.3) is 5.91 Å². The highest BCUT2D eigenvalue weighted by Gasteiger charge is 2.33. The van der Waals surface area contributed by atoms with Gasteiger partial charge in [0.15, 0.2) is 0 Å². The topological polar surface area (TPSA) is 69.7 Å². The number of carbonyl (C=O) groups is 3. The molecule has 42 heavy (non-hydrogen) atoms. The van der Waals surface area contributed by atoms with Crippen LogP contribution in [0.15, 0.2) is 91.0 Å². The summed E-state index contributed by atoms with van der Waals surface area (Å²) in [6.45, 7) is 4.22. The summed E-state index contributed by atoms with van der Waals surface area (Å²) in [6, 6.07) is 26.5. The minimum absolute atomic E-state index is 0.0374. The van der Waals surface area contributed by atoms with Crippen LogP contribution in [-0.4, -0.2) is 41.2 Å². The van der Waals surface area contributed by atoms with Crippen molar-refractivity contribution in [3.05, 3.63) is 114 Å². The molecule has 216 valence electrons. The lowest BCUT2D eigenvalue weighted by Crippen LogP contribution is -2.52. The van der Waals surface area contributed by atoms with Gasteiger partial charge in [-0.25, -0.2) is 4.39 Å². The lowest BCUT2D eigenvalue weighted by atomic mass is 10.0. The molecule has 1 N–H and O–H groups in total. The Morgan fingerprint density at radius 1 is 0.929 bits per heavy atom. The molecular formula is C35H36FN3O3. The Labute approximate surface area is 246 Å². The highest BCUT2D eigenvalue weighted by molar-refractivity contribution is 6.25. The van der Waals surface area contributed by atoms with Gasteiger partial charge in [-0.2, -0.15) is 0 Å². The first-order valence-corrected chi connectivity index (χ1v) is 14.6. The van der Waals surface area contributed by atoms with Gasteiger partial charge in [-0.3, -0.25) is 14.4 Å². The van der Waals surface area contributed by atoms with Crippen molar-refractivity contribution in [1.29, 1.82) is 0 Å². The summed E-state index contributed by atoms with van der Waals surface area (Å²) in [4.78, 5) is 44.0. The average Bonchev–Trinajstić information content (AvgIpc) is 3.28. The average molecular weight is 566 g/mol. The van der Waals surface area contributed by atoms with E-state index in [0.29, 0.717) is 30.5 Å². The van der Waals surface area contributed by atoms with Crippen LogP contribution in [0.4, 0.5) is 10.1 Å². The van der Waals surface area contributed by atoms with Crippen LogP contribution in [0.5, 0.6) is 0 Å². The van der Waals surface area contributed by atoms with Crippen molar-refractivity contribution in [2.75, 3.05) is 11.4 Å². The minimum atomic E-state index is -0.833. The van der Waals surface area contributed by atoms with Crippen LogP contribution in [-0.2, 0) is 22.6 Å². The molecule has 2 atom stereocenters. The molecule has 1 aliphatic rings. The molecule has 0 bridgehead atoms. The molecule has 0 radical (unpaired) electrons. The Kier molecular flexibility index (Phi) is 8.96. The molecule has 1 heterocycles. The number of benzene rings is 4. The van der Waals surface area contributed by atoms with E-state index in [1.54, 1.807) is 23.1 Å². The smallest absolute Gasteiger partial charge is 0.258 e. The first-order valence-electron chi connectivity index (χ1n) is 14.6. The van der Waals surface area contributed by atoms with Gasteiger partial charge in [-0.05, 0) is 48.9 Å². The van der Waals surface area contributed by atoms with Crippen molar-refractivity contribution in [3.8, 4) is 0 Å². The number of nitrogens with one attached hydrogen (secondary N) is 1. The molecule has 5 rings (SSSR count). The largest absolute Gasteiger partial charge is 0.352 e. The van der Waals surface area contributed by atoms with Crippen LogP contribution in [0.3, 0.4) is 0 Å². The summed E-state index contributed by atoms with van der Waals surface area (Å²) in [5.74, 6) is -1.03. The van der Waals surface area contributed by atoms with Gasteiger partial charge in [0.2, 0.25) is 11.8 Å². The van der Waals surface area contributed by atoms with E-state index < -0.39 is 11.9 Å². The first-order chi connectivity index (χ1) is 20.4. The summed E-state index contributed by atoms with van der Waals surface area (Å²) in [5, 5.41) is 4.97. The van der Waals surface area contributed by atoms with Gasteiger partial charge >= 0.3 is 0 Å². The zero-order valence-electron chi connectivity index (χ0n) is 24.1. The molecule has 0 aromatic heterocycles. The van der Waals surface area contributed by atoms with Gasteiger partial charge < -0.3 is 15.1 Å². The summed E-state index contributed by atoms with van der Waals surface area (Å²) in [7, 11) is 0. The molecule has 7 heteroatoms. The van der Waals surface area contributed by atoms with E-state index in [-0.39, 0.29) is 36.7 Å². The van der Waals surface area contributed by atoms with Gasteiger partial charge in [-0.15, -0.1) is 0 Å². The third-order valence-corrected chi connectivity index (χ3v) is 7.99.